The van der Waals surface area contributed by atoms with Gasteiger partial charge in [-0.2, -0.15) is 5.10 Å². The molecule has 1 amide bonds. The van der Waals surface area contributed by atoms with E-state index in [2.05, 4.69) is 30.1 Å². The molecule has 0 unspecified atom stereocenters. The van der Waals surface area contributed by atoms with Gasteiger partial charge in [0.25, 0.3) is 0 Å². The molecule has 3 aromatic heterocycles. The summed E-state index contributed by atoms with van der Waals surface area (Å²) in [5, 5.41) is 4.79. The topological polar surface area (TPSA) is 86.8 Å². The molecule has 0 saturated carbocycles. The molecule has 198 valence electrons. The predicted octanol–water partition coefficient (Wildman–Crippen LogP) is 5.16. The van der Waals surface area contributed by atoms with Gasteiger partial charge in [-0.15, -0.1) is 0 Å². The number of aryl methyl sites for hydroxylation is 2. The number of pyridine rings is 1. The highest BCUT2D eigenvalue weighted by Crippen LogP contribution is 2.29. The van der Waals surface area contributed by atoms with Crippen molar-refractivity contribution in [3.63, 3.8) is 0 Å². The first-order valence-electron chi connectivity index (χ1n) is 12.8. The molecular formula is C29H34N6O3. The van der Waals surface area contributed by atoms with Crippen LogP contribution in [0.25, 0.3) is 16.9 Å². The highest BCUT2D eigenvalue weighted by Gasteiger charge is 2.25. The molecule has 0 spiro atoms. The second-order valence-electron chi connectivity index (χ2n) is 10.7. The Morgan fingerprint density at radius 3 is 2.61 bits per heavy atom. The van der Waals surface area contributed by atoms with E-state index >= 15 is 0 Å². The maximum absolute atomic E-state index is 12.5. The molecule has 38 heavy (non-hydrogen) atoms. The minimum atomic E-state index is -0.509. The van der Waals surface area contributed by atoms with Gasteiger partial charge in [-0.3, -0.25) is 0 Å². The molecule has 5 rings (SSSR count). The van der Waals surface area contributed by atoms with Crippen molar-refractivity contribution in [2.75, 3.05) is 20.2 Å². The van der Waals surface area contributed by atoms with Crippen LogP contribution >= 0.6 is 0 Å². The van der Waals surface area contributed by atoms with E-state index in [1.807, 2.05) is 61.3 Å². The molecule has 0 radical (unpaired) electrons. The van der Waals surface area contributed by atoms with Gasteiger partial charge in [-0.25, -0.2) is 19.3 Å². The first-order valence-corrected chi connectivity index (χ1v) is 12.8. The Kier molecular flexibility index (Phi) is 6.69. The minimum Gasteiger partial charge on any atom is -0.495 e. The van der Waals surface area contributed by atoms with Crippen molar-refractivity contribution in [2.24, 2.45) is 0 Å². The number of hydrogen-bond acceptors (Lipinski definition) is 6. The lowest BCUT2D eigenvalue weighted by Gasteiger charge is -2.29. The zero-order valence-corrected chi connectivity index (χ0v) is 22.9. The first-order chi connectivity index (χ1) is 18.1. The summed E-state index contributed by atoms with van der Waals surface area (Å²) in [6.07, 6.45) is 8.87. The highest BCUT2D eigenvalue weighted by atomic mass is 16.6. The number of methoxy groups -OCH3 is 1. The Balaban J connectivity index is 1.39. The van der Waals surface area contributed by atoms with Crippen LogP contribution in [-0.4, -0.2) is 60.9 Å². The van der Waals surface area contributed by atoms with Crippen LogP contribution in [0.5, 0.6) is 5.75 Å². The van der Waals surface area contributed by atoms with E-state index in [9.17, 15) is 4.79 Å². The number of aromatic nitrogens is 5. The molecule has 1 aliphatic rings. The molecule has 4 aromatic rings. The Morgan fingerprint density at radius 2 is 1.95 bits per heavy atom. The summed E-state index contributed by atoms with van der Waals surface area (Å²) in [5.74, 6) is 1.50. The van der Waals surface area contributed by atoms with E-state index in [-0.39, 0.29) is 6.09 Å². The van der Waals surface area contributed by atoms with Crippen molar-refractivity contribution >= 4 is 17.3 Å². The molecule has 4 heterocycles. The van der Waals surface area contributed by atoms with Gasteiger partial charge in [0, 0.05) is 37.5 Å². The Labute approximate surface area is 222 Å². The van der Waals surface area contributed by atoms with Crippen LogP contribution in [0.3, 0.4) is 0 Å². The van der Waals surface area contributed by atoms with Gasteiger partial charge in [-0.1, -0.05) is 12.1 Å². The standard InChI is InChI=1S/C29H34N6O3/c1-19-13-23(22-9-11-33(12-10-22)28(36)38-29(3,4)5)27-31-26(32-35(27)16-19)15-21-7-8-24(25(14-21)37-6)34-17-20(2)30-18-34/h7-9,13-14,16-18H,10-12,15H2,1-6H3. The maximum atomic E-state index is 12.5. The molecule has 1 aromatic carbocycles. The van der Waals surface area contributed by atoms with E-state index in [0.29, 0.717) is 19.5 Å². The fraction of sp³-hybridized carbons (Fsp3) is 0.379. The van der Waals surface area contributed by atoms with E-state index in [4.69, 9.17) is 19.6 Å². The molecule has 0 fully saturated rings. The number of ether oxygens (including phenoxy) is 2. The molecule has 9 heteroatoms. The molecule has 9 nitrogen and oxygen atoms in total. The van der Waals surface area contributed by atoms with Gasteiger partial charge < -0.3 is 18.9 Å². The van der Waals surface area contributed by atoms with Crippen LogP contribution in [-0.2, 0) is 11.2 Å². The lowest BCUT2D eigenvalue weighted by Crippen LogP contribution is -2.39. The van der Waals surface area contributed by atoms with Crippen LogP contribution < -0.4 is 4.74 Å². The van der Waals surface area contributed by atoms with E-state index in [1.54, 1.807) is 18.3 Å². The highest BCUT2D eigenvalue weighted by molar-refractivity contribution is 5.78. The monoisotopic (exact) mass is 514 g/mol. The number of carbonyl (C=O) groups excluding carboxylic acids is 1. The van der Waals surface area contributed by atoms with E-state index in [0.717, 1.165) is 51.7 Å². The number of hydrogen-bond donors (Lipinski definition) is 0. The fourth-order valence-electron chi connectivity index (χ4n) is 4.66. The normalized spacial score (nSPS) is 14.1. The average molecular weight is 515 g/mol. The number of imidazole rings is 1. The number of amides is 1. The Hall–Kier alpha value is -4.14. The minimum absolute atomic E-state index is 0.281. The third-order valence-corrected chi connectivity index (χ3v) is 6.42. The zero-order valence-electron chi connectivity index (χ0n) is 22.9. The maximum Gasteiger partial charge on any atom is 0.410 e. The zero-order chi connectivity index (χ0) is 27.0. The van der Waals surface area contributed by atoms with E-state index < -0.39 is 5.60 Å². The largest absolute Gasteiger partial charge is 0.495 e. The molecule has 0 N–H and O–H groups in total. The first kappa shape index (κ1) is 25.5. The Morgan fingerprint density at radius 1 is 1.13 bits per heavy atom. The molecule has 0 bridgehead atoms. The SMILES string of the molecule is COc1cc(Cc2nc3c(C4=CCN(C(=O)OC(C)(C)C)CC4)cc(C)cn3n2)ccc1-n1cnc(C)c1. The quantitative estimate of drug-likeness (QED) is 0.366. The fourth-order valence-corrected chi connectivity index (χ4v) is 4.66. The summed E-state index contributed by atoms with van der Waals surface area (Å²) in [4.78, 5) is 23.5. The van der Waals surface area contributed by atoms with Crippen LogP contribution in [0, 0.1) is 13.8 Å². The van der Waals surface area contributed by atoms with Gasteiger partial charge in [-0.05, 0) is 75.9 Å². The van der Waals surface area contributed by atoms with Gasteiger partial charge in [0.05, 0.1) is 24.8 Å². The number of fused-ring (bicyclic) bond motifs is 1. The van der Waals surface area contributed by atoms with Crippen molar-refractivity contribution in [3.05, 3.63) is 77.3 Å². The average Bonchev–Trinajstić information content (AvgIpc) is 3.48. The summed E-state index contributed by atoms with van der Waals surface area (Å²) in [7, 11) is 1.67. The molecule has 0 atom stereocenters. The smallest absolute Gasteiger partial charge is 0.410 e. The lowest BCUT2D eigenvalue weighted by atomic mass is 9.99. The van der Waals surface area contributed by atoms with Gasteiger partial charge >= 0.3 is 6.09 Å². The van der Waals surface area contributed by atoms with Crippen LogP contribution in [0.2, 0.25) is 0 Å². The van der Waals surface area contributed by atoms with Crippen molar-refractivity contribution in [3.8, 4) is 11.4 Å². The van der Waals surface area contributed by atoms with Crippen LogP contribution in [0.15, 0.2) is 49.1 Å². The van der Waals surface area contributed by atoms with Crippen LogP contribution in [0.4, 0.5) is 4.79 Å². The van der Waals surface area contributed by atoms with Gasteiger partial charge in [0.2, 0.25) is 0 Å². The van der Waals surface area contributed by atoms with Crippen molar-refractivity contribution in [2.45, 2.75) is 53.1 Å². The van der Waals surface area contributed by atoms with Gasteiger partial charge in [0.15, 0.2) is 11.5 Å². The summed E-state index contributed by atoms with van der Waals surface area (Å²) < 4.78 is 15.0. The predicted molar refractivity (Wildman–Crippen MR) is 146 cm³/mol. The lowest BCUT2D eigenvalue weighted by molar-refractivity contribution is 0.0270. The van der Waals surface area contributed by atoms with Crippen LogP contribution in [0.1, 0.15) is 55.4 Å². The third-order valence-electron chi connectivity index (χ3n) is 6.42. The molecule has 0 aliphatic carbocycles. The number of carbonyl (C=O) groups is 1. The second-order valence-corrected chi connectivity index (χ2v) is 10.7. The van der Waals surface area contributed by atoms with E-state index in [1.165, 1.54) is 5.57 Å². The summed E-state index contributed by atoms with van der Waals surface area (Å²) in [6.45, 7) is 10.8. The van der Waals surface area contributed by atoms with Gasteiger partial charge in [0.1, 0.15) is 11.4 Å². The third kappa shape index (κ3) is 5.41. The molecule has 0 saturated heterocycles. The number of nitrogens with zero attached hydrogens (tertiary/aromatic N) is 6. The van der Waals surface area contributed by atoms with Crippen molar-refractivity contribution in [1.82, 2.24) is 29.0 Å². The summed E-state index contributed by atoms with van der Waals surface area (Å²) in [6, 6.07) is 8.27. The van der Waals surface area contributed by atoms with Crippen molar-refractivity contribution in [1.29, 1.82) is 0 Å². The number of rotatable bonds is 5. The second kappa shape index (κ2) is 9.96. The number of benzene rings is 1. The Bertz CT molecular complexity index is 1530. The summed E-state index contributed by atoms with van der Waals surface area (Å²) in [5.41, 5.74) is 6.56. The molecular weight excluding hydrogens is 480 g/mol. The summed E-state index contributed by atoms with van der Waals surface area (Å²) >= 11 is 0. The van der Waals surface area contributed by atoms with Crippen molar-refractivity contribution < 1.29 is 14.3 Å². The molecule has 1 aliphatic heterocycles.